The summed E-state index contributed by atoms with van der Waals surface area (Å²) in [5, 5.41) is 4.17. The number of carbonyl (C=O) groups is 1. The molecule has 7 nitrogen and oxygen atoms in total. The molecule has 1 N–H and O–H groups in total. The van der Waals surface area contributed by atoms with Gasteiger partial charge in [-0.3, -0.25) is 4.79 Å². The van der Waals surface area contributed by atoms with Crippen LogP contribution in [0.4, 0.5) is 10.2 Å². The van der Waals surface area contributed by atoms with Crippen molar-refractivity contribution in [2.75, 3.05) is 50.8 Å². The van der Waals surface area contributed by atoms with Gasteiger partial charge in [0.25, 0.3) is 0 Å². The maximum atomic E-state index is 14.4. The zero-order valence-electron chi connectivity index (χ0n) is 19.4. The van der Waals surface area contributed by atoms with E-state index in [1.807, 2.05) is 36.1 Å². The molecule has 1 aromatic carbocycles. The number of hydrogen-bond acceptors (Lipinski definition) is 6. The largest absolute Gasteiger partial charge is 0.380 e. The van der Waals surface area contributed by atoms with E-state index in [9.17, 15) is 9.18 Å². The van der Waals surface area contributed by atoms with Crippen LogP contribution in [0.15, 0.2) is 30.6 Å². The third-order valence-corrected chi connectivity index (χ3v) is 7.50. The van der Waals surface area contributed by atoms with E-state index in [1.54, 1.807) is 0 Å². The molecule has 2 fully saturated rings. The van der Waals surface area contributed by atoms with Crippen LogP contribution in [0, 0.1) is 0 Å². The van der Waals surface area contributed by atoms with Crippen LogP contribution in [0.5, 0.6) is 0 Å². The van der Waals surface area contributed by atoms with Crippen LogP contribution in [-0.2, 0) is 9.53 Å². The first-order chi connectivity index (χ1) is 16.5. The third-order valence-electron chi connectivity index (χ3n) is 7.25. The molecule has 4 atom stereocenters. The predicted octanol–water partition coefficient (Wildman–Crippen LogP) is 3.46. The highest BCUT2D eigenvalue weighted by molar-refractivity contribution is 6.30. The van der Waals surface area contributed by atoms with Crippen LogP contribution in [0.25, 0.3) is 0 Å². The second-order valence-corrected chi connectivity index (χ2v) is 9.92. The van der Waals surface area contributed by atoms with E-state index in [-0.39, 0.29) is 23.8 Å². The monoisotopic (exact) mass is 487 g/mol. The van der Waals surface area contributed by atoms with Crippen LogP contribution >= 0.6 is 11.6 Å². The number of amides is 1. The number of fused-ring (bicyclic) bond motifs is 1. The molecule has 9 heteroatoms. The molecule has 1 aromatic heterocycles. The minimum atomic E-state index is -1.02. The van der Waals surface area contributed by atoms with Gasteiger partial charge in [-0.2, -0.15) is 0 Å². The third kappa shape index (κ3) is 4.76. The highest BCUT2D eigenvalue weighted by Crippen LogP contribution is 2.44. The van der Waals surface area contributed by atoms with Gasteiger partial charge in [0.1, 0.15) is 18.3 Å². The highest BCUT2D eigenvalue weighted by Gasteiger charge is 2.36. The summed E-state index contributed by atoms with van der Waals surface area (Å²) in [6, 6.07) is 7.83. The lowest BCUT2D eigenvalue weighted by Gasteiger charge is -2.38. The second-order valence-electron chi connectivity index (χ2n) is 9.49. The number of piperazine rings is 1. The summed E-state index contributed by atoms with van der Waals surface area (Å²) in [4.78, 5) is 26.5. The van der Waals surface area contributed by atoms with Gasteiger partial charge < -0.3 is 19.9 Å². The number of hydrogen-bond donors (Lipinski definition) is 1. The summed E-state index contributed by atoms with van der Waals surface area (Å²) < 4.78 is 19.8. The zero-order chi connectivity index (χ0) is 23.7. The van der Waals surface area contributed by atoms with E-state index in [0.717, 1.165) is 30.0 Å². The highest BCUT2D eigenvalue weighted by atomic mass is 35.5. The van der Waals surface area contributed by atoms with Crippen molar-refractivity contribution in [2.45, 2.75) is 43.8 Å². The van der Waals surface area contributed by atoms with Crippen molar-refractivity contribution in [3.8, 4) is 0 Å². The van der Waals surface area contributed by atoms with E-state index in [1.165, 1.54) is 6.33 Å². The summed E-state index contributed by atoms with van der Waals surface area (Å²) in [5.74, 6) is 0.737. The number of rotatable bonds is 6. The number of alkyl halides is 1. The first kappa shape index (κ1) is 23.5. The van der Waals surface area contributed by atoms with Crippen molar-refractivity contribution in [3.05, 3.63) is 52.4 Å². The van der Waals surface area contributed by atoms with Crippen molar-refractivity contribution in [2.24, 2.45) is 0 Å². The van der Waals surface area contributed by atoms with E-state index in [0.29, 0.717) is 56.5 Å². The van der Waals surface area contributed by atoms with E-state index < -0.39 is 6.17 Å². The minimum absolute atomic E-state index is 0.0980. The molecule has 3 aliphatic rings. The topological polar surface area (TPSA) is 70.6 Å². The number of aromatic nitrogens is 2. The van der Waals surface area contributed by atoms with Crippen molar-refractivity contribution >= 4 is 23.3 Å². The Balaban J connectivity index is 1.28. The predicted molar refractivity (Wildman–Crippen MR) is 129 cm³/mol. The van der Waals surface area contributed by atoms with Gasteiger partial charge in [0.2, 0.25) is 5.91 Å². The Morgan fingerprint density at radius 2 is 2.00 bits per heavy atom. The molecule has 2 saturated heterocycles. The van der Waals surface area contributed by atoms with Gasteiger partial charge in [-0.15, -0.1) is 0 Å². The molecule has 1 amide bonds. The molecule has 2 aliphatic heterocycles. The fourth-order valence-corrected chi connectivity index (χ4v) is 5.42. The SMILES string of the molecule is C[C@@H]1C[C@H](F)c2ncnc(N3CCN(C(=O)[C@H](CN[C@@H]4CCOC4)c4ccc(Cl)cc4)CC3)c21. The van der Waals surface area contributed by atoms with Crippen LogP contribution in [0.3, 0.4) is 0 Å². The molecular weight excluding hydrogens is 457 g/mol. The molecule has 0 unspecified atom stereocenters. The first-order valence-electron chi connectivity index (χ1n) is 12.1. The maximum Gasteiger partial charge on any atom is 0.231 e. The number of carbonyl (C=O) groups excluding carboxylic acids is 1. The summed E-state index contributed by atoms with van der Waals surface area (Å²) in [5.41, 5.74) is 2.41. The summed E-state index contributed by atoms with van der Waals surface area (Å²) in [7, 11) is 0. The van der Waals surface area contributed by atoms with Crippen LogP contribution in [-0.4, -0.2) is 72.8 Å². The average Bonchev–Trinajstić information content (AvgIpc) is 3.48. The molecular formula is C25H31ClFN5O2. The molecule has 1 aliphatic carbocycles. The Labute approximate surface area is 204 Å². The molecule has 0 bridgehead atoms. The molecule has 3 heterocycles. The van der Waals surface area contributed by atoms with Crippen LogP contribution in [0.2, 0.25) is 5.02 Å². The fraction of sp³-hybridized carbons (Fsp3) is 0.560. The second kappa shape index (κ2) is 10.1. The van der Waals surface area contributed by atoms with Gasteiger partial charge in [0, 0.05) is 56.0 Å². The van der Waals surface area contributed by atoms with Crippen molar-refractivity contribution in [1.82, 2.24) is 20.2 Å². The quantitative estimate of drug-likeness (QED) is 0.673. The van der Waals surface area contributed by atoms with Crippen molar-refractivity contribution in [3.63, 3.8) is 0 Å². The Kier molecular flexibility index (Phi) is 6.99. The summed E-state index contributed by atoms with van der Waals surface area (Å²) in [6.45, 7) is 6.55. The van der Waals surface area contributed by atoms with Gasteiger partial charge in [-0.05, 0) is 36.5 Å². The average molecular weight is 488 g/mol. The van der Waals surface area contributed by atoms with Crippen molar-refractivity contribution in [1.29, 1.82) is 0 Å². The lowest BCUT2D eigenvalue weighted by atomic mass is 9.96. The van der Waals surface area contributed by atoms with Gasteiger partial charge in [-0.1, -0.05) is 30.7 Å². The fourth-order valence-electron chi connectivity index (χ4n) is 5.30. The molecule has 182 valence electrons. The number of nitrogens with one attached hydrogen (secondary N) is 1. The summed E-state index contributed by atoms with van der Waals surface area (Å²) >= 11 is 6.09. The molecule has 0 spiro atoms. The number of ether oxygens (including phenoxy) is 1. The zero-order valence-corrected chi connectivity index (χ0v) is 20.2. The number of halogens is 2. The molecule has 0 radical (unpaired) electrons. The van der Waals surface area contributed by atoms with Gasteiger partial charge in [0.15, 0.2) is 0 Å². The van der Waals surface area contributed by atoms with Gasteiger partial charge in [-0.25, -0.2) is 14.4 Å². The smallest absolute Gasteiger partial charge is 0.231 e. The van der Waals surface area contributed by atoms with E-state index in [2.05, 4.69) is 20.2 Å². The Morgan fingerprint density at radius 1 is 1.24 bits per heavy atom. The minimum Gasteiger partial charge on any atom is -0.380 e. The molecule has 0 saturated carbocycles. The number of nitrogens with zero attached hydrogens (tertiary/aromatic N) is 4. The molecule has 5 rings (SSSR count). The molecule has 34 heavy (non-hydrogen) atoms. The van der Waals surface area contributed by atoms with Crippen molar-refractivity contribution < 1.29 is 13.9 Å². The standard InChI is InChI=1S/C25H31ClFN5O2/c1-16-12-21(27)23-22(16)24(30-15-29-23)31-7-9-32(10-8-31)25(33)20(13-28-19-6-11-34-14-19)17-2-4-18(26)5-3-17/h2-5,15-16,19-21,28H,6-14H2,1H3/t16-,19-,20-,21+/m1/s1. The van der Waals surface area contributed by atoms with E-state index >= 15 is 0 Å². The van der Waals surface area contributed by atoms with Crippen LogP contribution < -0.4 is 10.2 Å². The van der Waals surface area contributed by atoms with Crippen LogP contribution in [0.1, 0.15) is 54.6 Å². The van der Waals surface area contributed by atoms with E-state index in [4.69, 9.17) is 16.3 Å². The molecule has 2 aromatic rings. The maximum absolute atomic E-state index is 14.4. The van der Waals surface area contributed by atoms with Gasteiger partial charge in [0.05, 0.1) is 18.2 Å². The Bertz CT molecular complexity index is 1010. The Hall–Kier alpha value is -2.29. The first-order valence-corrected chi connectivity index (χ1v) is 12.5. The Morgan fingerprint density at radius 3 is 2.71 bits per heavy atom. The van der Waals surface area contributed by atoms with Gasteiger partial charge >= 0.3 is 0 Å². The lowest BCUT2D eigenvalue weighted by Crippen LogP contribution is -2.51. The summed E-state index contributed by atoms with van der Waals surface area (Å²) in [6.07, 6.45) is 1.86. The lowest BCUT2D eigenvalue weighted by molar-refractivity contribution is -0.133. The normalized spacial score (nSPS) is 25.4. The number of anilines is 1. The number of benzene rings is 1.